The molecule has 21 heavy (non-hydrogen) atoms. The lowest BCUT2D eigenvalue weighted by Gasteiger charge is -2.34. The summed E-state index contributed by atoms with van der Waals surface area (Å²) in [6.07, 6.45) is 3.21. The van der Waals surface area contributed by atoms with Gasteiger partial charge in [0.2, 0.25) is 5.91 Å². The number of nitrogens with zero attached hydrogens (tertiary/aromatic N) is 1. The van der Waals surface area contributed by atoms with Crippen LogP contribution in [0.1, 0.15) is 24.8 Å². The summed E-state index contributed by atoms with van der Waals surface area (Å²) in [4.78, 5) is 14.1. The van der Waals surface area contributed by atoms with Crippen LogP contribution in [0.2, 0.25) is 0 Å². The zero-order valence-corrected chi connectivity index (χ0v) is 12.7. The fourth-order valence-electron chi connectivity index (χ4n) is 2.72. The minimum absolute atomic E-state index is 0.00744. The minimum Gasteiger partial charge on any atom is -0.492 e. The Morgan fingerprint density at radius 2 is 2.14 bits per heavy atom. The van der Waals surface area contributed by atoms with Gasteiger partial charge < -0.3 is 15.8 Å². The molecule has 0 aliphatic carbocycles. The number of likely N-dealkylation sites (tertiary alicyclic amines) is 1. The number of benzene rings is 1. The van der Waals surface area contributed by atoms with E-state index in [1.54, 1.807) is 7.05 Å². The lowest BCUT2D eigenvalue weighted by Crippen LogP contribution is -2.49. The second-order valence-electron chi connectivity index (χ2n) is 5.36. The summed E-state index contributed by atoms with van der Waals surface area (Å²) < 4.78 is 5.76. The molecule has 0 saturated carbocycles. The molecule has 1 atom stereocenters. The monoisotopic (exact) mass is 291 g/mol. The van der Waals surface area contributed by atoms with Gasteiger partial charge in [0.05, 0.1) is 6.04 Å². The fourth-order valence-corrected chi connectivity index (χ4v) is 2.72. The second kappa shape index (κ2) is 8.00. The molecule has 1 amide bonds. The average molecular weight is 291 g/mol. The van der Waals surface area contributed by atoms with Gasteiger partial charge in [-0.15, -0.1) is 0 Å². The summed E-state index contributed by atoms with van der Waals surface area (Å²) >= 11 is 0. The van der Waals surface area contributed by atoms with Crippen molar-refractivity contribution in [2.24, 2.45) is 5.73 Å². The number of piperidine rings is 1. The Hall–Kier alpha value is -1.59. The SMILES string of the molecule is CNC(=O)C1CCCCN1CCOc1ccc(CN)cc1. The number of amides is 1. The molecule has 2 rings (SSSR count). The highest BCUT2D eigenvalue weighted by atomic mass is 16.5. The van der Waals surface area contributed by atoms with Crippen molar-refractivity contribution in [3.05, 3.63) is 29.8 Å². The van der Waals surface area contributed by atoms with E-state index >= 15 is 0 Å². The van der Waals surface area contributed by atoms with E-state index in [2.05, 4.69) is 10.2 Å². The number of hydrogen-bond donors (Lipinski definition) is 2. The Balaban J connectivity index is 1.81. The molecule has 0 spiro atoms. The van der Waals surface area contributed by atoms with E-state index in [1.165, 1.54) is 0 Å². The van der Waals surface area contributed by atoms with Crippen LogP contribution in [0, 0.1) is 0 Å². The summed E-state index contributed by atoms with van der Waals surface area (Å²) in [5.41, 5.74) is 6.66. The Morgan fingerprint density at radius 3 is 2.81 bits per heavy atom. The Labute approximate surface area is 126 Å². The lowest BCUT2D eigenvalue weighted by atomic mass is 10.0. The first-order valence-electron chi connectivity index (χ1n) is 7.62. The van der Waals surface area contributed by atoms with Crippen molar-refractivity contribution in [3.8, 4) is 5.75 Å². The van der Waals surface area contributed by atoms with Gasteiger partial charge >= 0.3 is 0 Å². The van der Waals surface area contributed by atoms with Crippen LogP contribution in [0.15, 0.2) is 24.3 Å². The number of carbonyl (C=O) groups is 1. The molecule has 5 heteroatoms. The van der Waals surface area contributed by atoms with Crippen LogP contribution in [0.4, 0.5) is 0 Å². The first-order valence-corrected chi connectivity index (χ1v) is 7.62. The number of likely N-dealkylation sites (N-methyl/N-ethyl adjacent to an activating group) is 1. The summed E-state index contributed by atoms with van der Waals surface area (Å²) in [7, 11) is 1.70. The molecule has 0 aromatic heterocycles. The van der Waals surface area contributed by atoms with E-state index in [0.717, 1.165) is 43.7 Å². The molecule has 1 aliphatic rings. The van der Waals surface area contributed by atoms with Crippen LogP contribution in [0.25, 0.3) is 0 Å². The van der Waals surface area contributed by atoms with E-state index in [0.29, 0.717) is 13.2 Å². The summed E-state index contributed by atoms with van der Waals surface area (Å²) in [6.45, 7) is 2.88. The number of ether oxygens (including phenoxy) is 1. The molecule has 1 heterocycles. The van der Waals surface area contributed by atoms with Crippen LogP contribution in [-0.2, 0) is 11.3 Å². The molecule has 1 aliphatic heterocycles. The highest BCUT2D eigenvalue weighted by Gasteiger charge is 2.27. The number of rotatable bonds is 6. The minimum atomic E-state index is -0.00744. The van der Waals surface area contributed by atoms with E-state index < -0.39 is 0 Å². The predicted octanol–water partition coefficient (Wildman–Crippen LogP) is 1.12. The van der Waals surface area contributed by atoms with E-state index in [4.69, 9.17) is 10.5 Å². The van der Waals surface area contributed by atoms with Gasteiger partial charge in [0.1, 0.15) is 12.4 Å². The third-order valence-corrected chi connectivity index (χ3v) is 3.97. The molecule has 1 aromatic rings. The highest BCUT2D eigenvalue weighted by molar-refractivity contribution is 5.81. The van der Waals surface area contributed by atoms with Crippen LogP contribution in [0.5, 0.6) is 5.75 Å². The molecular formula is C16H25N3O2. The third-order valence-electron chi connectivity index (χ3n) is 3.97. The summed E-state index contributed by atoms with van der Waals surface area (Å²) in [6, 6.07) is 7.82. The number of nitrogens with two attached hydrogens (primary N) is 1. The first-order chi connectivity index (χ1) is 10.2. The number of hydrogen-bond acceptors (Lipinski definition) is 4. The summed E-state index contributed by atoms with van der Waals surface area (Å²) in [5.74, 6) is 0.961. The topological polar surface area (TPSA) is 67.6 Å². The van der Waals surface area contributed by atoms with Gasteiger partial charge in [0.15, 0.2) is 0 Å². The molecule has 0 radical (unpaired) electrons. The van der Waals surface area contributed by atoms with Crippen molar-refractivity contribution >= 4 is 5.91 Å². The van der Waals surface area contributed by atoms with Gasteiger partial charge in [-0.3, -0.25) is 9.69 Å². The lowest BCUT2D eigenvalue weighted by molar-refractivity contribution is -0.127. The molecule has 0 bridgehead atoms. The molecule has 116 valence electrons. The first kappa shape index (κ1) is 15.8. The van der Waals surface area contributed by atoms with Crippen LogP contribution in [-0.4, -0.2) is 43.6 Å². The standard InChI is InChI=1S/C16H25N3O2/c1-18-16(20)15-4-2-3-9-19(15)10-11-21-14-7-5-13(12-17)6-8-14/h5-8,15H,2-4,9-12,17H2,1H3,(H,18,20). The van der Waals surface area contributed by atoms with E-state index in [-0.39, 0.29) is 11.9 Å². The Bertz CT molecular complexity index is 447. The zero-order chi connectivity index (χ0) is 15.1. The number of nitrogens with one attached hydrogen (secondary N) is 1. The summed E-state index contributed by atoms with van der Waals surface area (Å²) in [5, 5.41) is 2.75. The van der Waals surface area contributed by atoms with Crippen LogP contribution >= 0.6 is 0 Å². The molecule has 1 fully saturated rings. The third kappa shape index (κ3) is 4.44. The van der Waals surface area contributed by atoms with Crippen molar-refractivity contribution in [3.63, 3.8) is 0 Å². The maximum absolute atomic E-state index is 11.9. The van der Waals surface area contributed by atoms with Crippen molar-refractivity contribution in [2.45, 2.75) is 31.8 Å². The van der Waals surface area contributed by atoms with Crippen molar-refractivity contribution in [1.82, 2.24) is 10.2 Å². The maximum Gasteiger partial charge on any atom is 0.237 e. The van der Waals surface area contributed by atoms with Gasteiger partial charge in [-0.05, 0) is 37.1 Å². The van der Waals surface area contributed by atoms with E-state index in [1.807, 2.05) is 24.3 Å². The Kier molecular flexibility index (Phi) is 6.02. The normalized spacial score (nSPS) is 19.2. The molecule has 3 N–H and O–H groups in total. The average Bonchev–Trinajstić information content (AvgIpc) is 2.55. The van der Waals surface area contributed by atoms with Gasteiger partial charge in [0, 0.05) is 20.1 Å². The largest absolute Gasteiger partial charge is 0.492 e. The van der Waals surface area contributed by atoms with Gasteiger partial charge in [-0.1, -0.05) is 18.6 Å². The highest BCUT2D eigenvalue weighted by Crippen LogP contribution is 2.17. The molecule has 5 nitrogen and oxygen atoms in total. The second-order valence-corrected chi connectivity index (χ2v) is 5.36. The predicted molar refractivity (Wildman–Crippen MR) is 83.1 cm³/mol. The van der Waals surface area contributed by atoms with Gasteiger partial charge in [-0.2, -0.15) is 0 Å². The van der Waals surface area contributed by atoms with E-state index in [9.17, 15) is 4.79 Å². The quantitative estimate of drug-likeness (QED) is 0.824. The molecule has 1 unspecified atom stereocenters. The molecular weight excluding hydrogens is 266 g/mol. The Morgan fingerprint density at radius 1 is 1.38 bits per heavy atom. The van der Waals surface area contributed by atoms with Crippen LogP contribution < -0.4 is 15.8 Å². The van der Waals surface area contributed by atoms with Gasteiger partial charge in [-0.25, -0.2) is 0 Å². The van der Waals surface area contributed by atoms with Crippen molar-refractivity contribution in [1.29, 1.82) is 0 Å². The van der Waals surface area contributed by atoms with Crippen molar-refractivity contribution < 1.29 is 9.53 Å². The molecule has 1 saturated heterocycles. The van der Waals surface area contributed by atoms with Crippen molar-refractivity contribution in [2.75, 3.05) is 26.7 Å². The fraction of sp³-hybridized carbons (Fsp3) is 0.562. The maximum atomic E-state index is 11.9. The van der Waals surface area contributed by atoms with Crippen LogP contribution in [0.3, 0.4) is 0 Å². The smallest absolute Gasteiger partial charge is 0.237 e. The molecule has 1 aromatic carbocycles. The van der Waals surface area contributed by atoms with Gasteiger partial charge in [0.25, 0.3) is 0 Å². The zero-order valence-electron chi connectivity index (χ0n) is 12.7. The number of carbonyl (C=O) groups excluding carboxylic acids is 1.